The summed E-state index contributed by atoms with van der Waals surface area (Å²) in [4.78, 5) is 12.9. The molecule has 2 atom stereocenters. The molecule has 2 aromatic rings. The standard InChI is InChI=1S/C28H36O8/c1-10-15(2)27(30)36-28(4)14-18-13-20(32-6)25(34-8)26(35-9)22(18)21-17(11-16(28)3)12-19(31-5)24(33-7)23(21)29/h10,12-13,16,29H,11,14H2,1-9H3/b15-10+. The predicted molar refractivity (Wildman–Crippen MR) is 137 cm³/mol. The molecule has 0 bridgehead atoms. The van der Waals surface area contributed by atoms with E-state index in [0.29, 0.717) is 52.5 Å². The normalized spacial score (nSPS) is 19.2. The van der Waals surface area contributed by atoms with Crippen molar-refractivity contribution in [3.63, 3.8) is 0 Å². The minimum Gasteiger partial charge on any atom is -0.504 e. The van der Waals surface area contributed by atoms with Gasteiger partial charge in [-0.3, -0.25) is 0 Å². The number of phenols is 1. The molecule has 0 aromatic heterocycles. The smallest absolute Gasteiger partial charge is 0.333 e. The molecule has 0 spiro atoms. The van der Waals surface area contributed by atoms with Crippen LogP contribution in [0.25, 0.3) is 11.1 Å². The Balaban J connectivity index is 2.43. The second-order valence-corrected chi connectivity index (χ2v) is 9.13. The van der Waals surface area contributed by atoms with Crippen molar-refractivity contribution in [2.75, 3.05) is 35.5 Å². The largest absolute Gasteiger partial charge is 0.504 e. The lowest BCUT2D eigenvalue weighted by molar-refractivity contribution is -0.158. The van der Waals surface area contributed by atoms with Crippen molar-refractivity contribution >= 4 is 5.97 Å². The van der Waals surface area contributed by atoms with Gasteiger partial charge in [0.05, 0.1) is 35.5 Å². The quantitative estimate of drug-likeness (QED) is 0.414. The number of rotatable bonds is 7. The molecule has 2 aromatic carbocycles. The number of carbonyl (C=O) groups is 1. The van der Waals surface area contributed by atoms with Crippen LogP contribution in [0.5, 0.6) is 34.5 Å². The van der Waals surface area contributed by atoms with Gasteiger partial charge in [0, 0.05) is 29.0 Å². The first-order chi connectivity index (χ1) is 17.1. The maximum absolute atomic E-state index is 12.9. The van der Waals surface area contributed by atoms with E-state index in [4.69, 9.17) is 28.4 Å². The van der Waals surface area contributed by atoms with Crippen LogP contribution in [0, 0.1) is 5.92 Å². The fourth-order valence-electron chi connectivity index (χ4n) is 4.73. The van der Waals surface area contributed by atoms with Gasteiger partial charge in [-0.15, -0.1) is 0 Å². The Kier molecular flexibility index (Phi) is 7.96. The summed E-state index contributed by atoms with van der Waals surface area (Å²) in [5.41, 5.74) is 2.34. The van der Waals surface area contributed by atoms with Crippen molar-refractivity contribution in [3.05, 3.63) is 34.9 Å². The van der Waals surface area contributed by atoms with Crippen LogP contribution in [0.15, 0.2) is 23.8 Å². The average Bonchev–Trinajstić information content (AvgIpc) is 2.86. The third-order valence-electron chi connectivity index (χ3n) is 7.08. The molecule has 0 heterocycles. The molecule has 0 fully saturated rings. The Morgan fingerprint density at radius 1 is 0.917 bits per heavy atom. The molecule has 2 unspecified atom stereocenters. The van der Waals surface area contributed by atoms with E-state index in [9.17, 15) is 9.90 Å². The minimum atomic E-state index is -0.888. The van der Waals surface area contributed by atoms with E-state index in [-0.39, 0.29) is 23.4 Å². The first-order valence-electron chi connectivity index (χ1n) is 11.8. The van der Waals surface area contributed by atoms with Crippen molar-refractivity contribution in [3.8, 4) is 45.6 Å². The highest BCUT2D eigenvalue weighted by molar-refractivity contribution is 5.89. The number of aromatic hydroxyl groups is 1. The second kappa shape index (κ2) is 10.6. The van der Waals surface area contributed by atoms with E-state index in [1.165, 1.54) is 28.4 Å². The van der Waals surface area contributed by atoms with E-state index in [1.54, 1.807) is 27.0 Å². The van der Waals surface area contributed by atoms with E-state index < -0.39 is 5.60 Å². The molecule has 0 saturated carbocycles. The molecule has 8 heteroatoms. The van der Waals surface area contributed by atoms with Gasteiger partial charge in [-0.1, -0.05) is 13.0 Å². The zero-order valence-electron chi connectivity index (χ0n) is 22.5. The Labute approximate surface area is 212 Å². The van der Waals surface area contributed by atoms with Crippen molar-refractivity contribution in [1.29, 1.82) is 0 Å². The number of hydrogen-bond acceptors (Lipinski definition) is 8. The molecule has 3 rings (SSSR count). The van der Waals surface area contributed by atoms with E-state index in [2.05, 4.69) is 0 Å². The molecule has 0 radical (unpaired) electrons. The lowest BCUT2D eigenvalue weighted by Gasteiger charge is -2.39. The third kappa shape index (κ3) is 4.52. The Morgan fingerprint density at radius 2 is 1.47 bits per heavy atom. The molecule has 0 aliphatic heterocycles. The Bertz CT molecular complexity index is 1180. The molecule has 8 nitrogen and oxygen atoms in total. The molecule has 196 valence electrons. The molecule has 1 N–H and O–H groups in total. The van der Waals surface area contributed by atoms with Gasteiger partial charge >= 0.3 is 5.97 Å². The van der Waals surface area contributed by atoms with Crippen LogP contribution in [0.1, 0.15) is 38.8 Å². The number of allylic oxidation sites excluding steroid dienone is 1. The summed E-state index contributed by atoms with van der Waals surface area (Å²) in [5, 5.41) is 11.5. The lowest BCUT2D eigenvalue weighted by atomic mass is 9.74. The zero-order chi connectivity index (χ0) is 26.8. The Morgan fingerprint density at radius 3 is 2.00 bits per heavy atom. The second-order valence-electron chi connectivity index (χ2n) is 9.13. The first kappa shape index (κ1) is 27.0. The van der Waals surface area contributed by atoms with Crippen molar-refractivity contribution in [2.24, 2.45) is 5.92 Å². The van der Waals surface area contributed by atoms with Crippen LogP contribution >= 0.6 is 0 Å². The minimum absolute atomic E-state index is 0.0730. The summed E-state index contributed by atoms with van der Waals surface area (Å²) >= 11 is 0. The van der Waals surface area contributed by atoms with Crippen LogP contribution in [0.2, 0.25) is 0 Å². The summed E-state index contributed by atoms with van der Waals surface area (Å²) in [5.74, 6) is 1.26. The molecule has 36 heavy (non-hydrogen) atoms. The highest BCUT2D eigenvalue weighted by Crippen LogP contribution is 2.56. The van der Waals surface area contributed by atoms with Crippen LogP contribution in [-0.2, 0) is 22.4 Å². The monoisotopic (exact) mass is 500 g/mol. The number of esters is 1. The predicted octanol–water partition coefficient (Wildman–Crippen LogP) is 5.11. The van der Waals surface area contributed by atoms with Gasteiger partial charge in [-0.25, -0.2) is 4.79 Å². The highest BCUT2D eigenvalue weighted by Gasteiger charge is 2.41. The average molecular weight is 501 g/mol. The SMILES string of the molecule is C/C=C(\C)C(=O)OC1(C)Cc2cc(OC)c(OC)c(OC)c2-c2c(cc(OC)c(OC)c2O)CC1C. The van der Waals surface area contributed by atoms with E-state index >= 15 is 0 Å². The topological polar surface area (TPSA) is 92.7 Å². The summed E-state index contributed by atoms with van der Waals surface area (Å²) in [6, 6.07) is 3.68. The van der Waals surface area contributed by atoms with Crippen LogP contribution in [0.3, 0.4) is 0 Å². The maximum Gasteiger partial charge on any atom is 0.333 e. The van der Waals surface area contributed by atoms with Gasteiger partial charge in [-0.2, -0.15) is 0 Å². The zero-order valence-corrected chi connectivity index (χ0v) is 22.5. The fraction of sp³-hybridized carbons (Fsp3) is 0.464. The number of phenolic OH excluding ortho intramolecular Hbond substituents is 1. The van der Waals surface area contributed by atoms with Crippen LogP contribution < -0.4 is 23.7 Å². The van der Waals surface area contributed by atoms with Gasteiger partial charge in [0.25, 0.3) is 0 Å². The summed E-state index contributed by atoms with van der Waals surface area (Å²) in [7, 11) is 7.60. The molecular weight excluding hydrogens is 464 g/mol. The van der Waals surface area contributed by atoms with Crippen molar-refractivity contribution in [2.45, 2.75) is 46.1 Å². The van der Waals surface area contributed by atoms with Gasteiger partial charge in [0.1, 0.15) is 5.60 Å². The molecule has 1 aliphatic carbocycles. The van der Waals surface area contributed by atoms with Gasteiger partial charge in [-0.05, 0) is 50.5 Å². The summed E-state index contributed by atoms with van der Waals surface area (Å²) < 4.78 is 34.3. The van der Waals surface area contributed by atoms with Crippen LogP contribution in [-0.4, -0.2) is 52.2 Å². The number of fused-ring (bicyclic) bond motifs is 3. The number of carbonyl (C=O) groups excluding carboxylic acids is 1. The Hall–Kier alpha value is -3.55. The lowest BCUT2D eigenvalue weighted by Crippen LogP contribution is -2.42. The molecule has 1 aliphatic rings. The summed E-state index contributed by atoms with van der Waals surface area (Å²) in [6.45, 7) is 7.49. The number of benzene rings is 2. The number of hydrogen-bond donors (Lipinski definition) is 1. The molecular formula is C28H36O8. The maximum atomic E-state index is 12.9. The van der Waals surface area contributed by atoms with E-state index in [0.717, 1.165) is 11.1 Å². The molecule has 0 amide bonds. The van der Waals surface area contributed by atoms with Gasteiger partial charge in [0.15, 0.2) is 23.0 Å². The van der Waals surface area contributed by atoms with Crippen molar-refractivity contribution in [1.82, 2.24) is 0 Å². The first-order valence-corrected chi connectivity index (χ1v) is 11.8. The number of ether oxygens (including phenoxy) is 6. The number of methoxy groups -OCH3 is 5. The van der Waals surface area contributed by atoms with Crippen LogP contribution in [0.4, 0.5) is 0 Å². The van der Waals surface area contributed by atoms with Gasteiger partial charge < -0.3 is 33.5 Å². The molecule has 0 saturated heterocycles. The fourth-order valence-corrected chi connectivity index (χ4v) is 4.73. The van der Waals surface area contributed by atoms with E-state index in [1.807, 2.05) is 26.0 Å². The summed E-state index contributed by atoms with van der Waals surface area (Å²) in [6.07, 6.45) is 2.56. The van der Waals surface area contributed by atoms with Gasteiger partial charge in [0.2, 0.25) is 11.5 Å². The highest BCUT2D eigenvalue weighted by atomic mass is 16.6. The van der Waals surface area contributed by atoms with Crippen molar-refractivity contribution < 1.29 is 38.3 Å². The third-order valence-corrected chi connectivity index (χ3v) is 7.08.